The smallest absolute Gasteiger partial charge is 0.323 e. The molecule has 1 fully saturated rings. The standard InChI is InChI=1S/C25H25FN4O2/c26-19-10-8-18(9-11-19)17-27-24(31)22-16-21(12-13-23(22)30-14-4-5-15-30)29-25(32)28-20-6-2-1-3-7-20/h1-3,6-13,16H,4-5,14-15,17H2,(H,27,31)(H2,28,29,32). The molecule has 0 aliphatic carbocycles. The lowest BCUT2D eigenvalue weighted by Crippen LogP contribution is -2.27. The minimum Gasteiger partial charge on any atom is -0.371 e. The molecular weight excluding hydrogens is 407 g/mol. The third kappa shape index (κ3) is 5.43. The van der Waals surface area contributed by atoms with Crippen LogP contribution in [0.2, 0.25) is 0 Å². The maximum absolute atomic E-state index is 13.1. The number of urea groups is 1. The van der Waals surface area contributed by atoms with E-state index >= 15 is 0 Å². The summed E-state index contributed by atoms with van der Waals surface area (Å²) in [7, 11) is 0. The molecule has 32 heavy (non-hydrogen) atoms. The van der Waals surface area contributed by atoms with Gasteiger partial charge in [-0.3, -0.25) is 4.79 Å². The summed E-state index contributed by atoms with van der Waals surface area (Å²) >= 11 is 0. The molecule has 0 bridgehead atoms. The van der Waals surface area contributed by atoms with Crippen molar-refractivity contribution in [3.05, 3.63) is 89.7 Å². The Morgan fingerprint density at radius 2 is 1.53 bits per heavy atom. The van der Waals surface area contributed by atoms with Crippen LogP contribution in [0.15, 0.2) is 72.8 Å². The van der Waals surface area contributed by atoms with Crippen molar-refractivity contribution < 1.29 is 14.0 Å². The van der Waals surface area contributed by atoms with Crippen LogP contribution in [-0.2, 0) is 6.54 Å². The van der Waals surface area contributed by atoms with Crippen molar-refractivity contribution in [2.75, 3.05) is 28.6 Å². The number of nitrogens with one attached hydrogen (secondary N) is 3. The van der Waals surface area contributed by atoms with Crippen molar-refractivity contribution in [2.45, 2.75) is 19.4 Å². The lowest BCUT2D eigenvalue weighted by Gasteiger charge is -2.22. The van der Waals surface area contributed by atoms with Crippen LogP contribution in [0.1, 0.15) is 28.8 Å². The monoisotopic (exact) mass is 432 g/mol. The summed E-state index contributed by atoms with van der Waals surface area (Å²) in [5.41, 5.74) is 3.34. The molecule has 7 heteroatoms. The third-order valence-electron chi connectivity index (χ3n) is 5.34. The predicted octanol–water partition coefficient (Wildman–Crippen LogP) is 5.00. The Hall–Kier alpha value is -3.87. The first-order valence-corrected chi connectivity index (χ1v) is 10.6. The van der Waals surface area contributed by atoms with E-state index < -0.39 is 0 Å². The van der Waals surface area contributed by atoms with Gasteiger partial charge in [0.25, 0.3) is 5.91 Å². The van der Waals surface area contributed by atoms with Crippen molar-refractivity contribution in [2.24, 2.45) is 0 Å². The van der Waals surface area contributed by atoms with Crippen molar-refractivity contribution >= 4 is 29.0 Å². The van der Waals surface area contributed by atoms with Gasteiger partial charge in [0.15, 0.2) is 0 Å². The Labute approximate surface area is 186 Å². The minimum absolute atomic E-state index is 0.247. The maximum Gasteiger partial charge on any atom is 0.323 e. The summed E-state index contributed by atoms with van der Waals surface area (Å²) in [5.74, 6) is -0.563. The zero-order valence-electron chi connectivity index (χ0n) is 17.6. The van der Waals surface area contributed by atoms with Gasteiger partial charge in [-0.05, 0) is 60.9 Å². The van der Waals surface area contributed by atoms with E-state index in [0.717, 1.165) is 37.2 Å². The number of rotatable bonds is 6. The van der Waals surface area contributed by atoms with Gasteiger partial charge in [-0.1, -0.05) is 30.3 Å². The quantitative estimate of drug-likeness (QED) is 0.513. The first-order valence-electron chi connectivity index (χ1n) is 10.6. The largest absolute Gasteiger partial charge is 0.371 e. The van der Waals surface area contributed by atoms with Gasteiger partial charge in [0.05, 0.1) is 5.56 Å². The van der Waals surface area contributed by atoms with E-state index in [-0.39, 0.29) is 24.3 Å². The normalized spacial score (nSPS) is 13.0. The number of nitrogens with zero attached hydrogens (tertiary/aromatic N) is 1. The van der Waals surface area contributed by atoms with Crippen LogP contribution in [0.5, 0.6) is 0 Å². The topological polar surface area (TPSA) is 73.5 Å². The molecule has 164 valence electrons. The third-order valence-corrected chi connectivity index (χ3v) is 5.34. The molecule has 3 aromatic rings. The average molecular weight is 432 g/mol. The highest BCUT2D eigenvalue weighted by atomic mass is 19.1. The van der Waals surface area contributed by atoms with Gasteiger partial charge in [-0.25, -0.2) is 9.18 Å². The number of halogens is 1. The van der Waals surface area contributed by atoms with Gasteiger partial charge in [-0.15, -0.1) is 0 Å². The lowest BCUT2D eigenvalue weighted by molar-refractivity contribution is 0.0951. The van der Waals surface area contributed by atoms with E-state index in [0.29, 0.717) is 16.9 Å². The number of hydrogen-bond donors (Lipinski definition) is 3. The van der Waals surface area contributed by atoms with Crippen molar-refractivity contribution in [1.82, 2.24) is 5.32 Å². The molecule has 1 aliphatic heterocycles. The summed E-state index contributed by atoms with van der Waals surface area (Å²) in [6, 6.07) is 20.1. The molecule has 0 unspecified atom stereocenters. The molecule has 0 spiro atoms. The summed E-state index contributed by atoms with van der Waals surface area (Å²) in [4.78, 5) is 27.6. The van der Waals surface area contributed by atoms with Crippen molar-refractivity contribution in [3.63, 3.8) is 0 Å². The Morgan fingerprint density at radius 1 is 0.844 bits per heavy atom. The highest BCUT2D eigenvalue weighted by Crippen LogP contribution is 2.28. The maximum atomic E-state index is 13.1. The minimum atomic E-state index is -0.386. The highest BCUT2D eigenvalue weighted by molar-refractivity contribution is 6.04. The van der Waals surface area contributed by atoms with Crippen LogP contribution < -0.4 is 20.9 Å². The Morgan fingerprint density at radius 3 is 2.25 bits per heavy atom. The summed E-state index contributed by atoms with van der Waals surface area (Å²) < 4.78 is 13.1. The van der Waals surface area contributed by atoms with Crippen LogP contribution in [0.25, 0.3) is 0 Å². The second kappa shape index (κ2) is 9.96. The molecule has 1 aliphatic rings. The number of hydrogen-bond acceptors (Lipinski definition) is 3. The van der Waals surface area contributed by atoms with Crippen molar-refractivity contribution in [1.29, 1.82) is 0 Å². The molecule has 0 radical (unpaired) electrons. The summed E-state index contributed by atoms with van der Waals surface area (Å²) in [5, 5.41) is 8.46. The van der Waals surface area contributed by atoms with Gasteiger partial charge in [0, 0.05) is 36.7 Å². The van der Waals surface area contributed by atoms with Crippen LogP contribution in [0.3, 0.4) is 0 Å². The van der Waals surface area contributed by atoms with E-state index in [1.807, 2.05) is 24.3 Å². The molecule has 0 saturated carbocycles. The van der Waals surface area contributed by atoms with Crippen LogP contribution >= 0.6 is 0 Å². The number of benzene rings is 3. The summed E-state index contributed by atoms with van der Waals surface area (Å²) in [6.07, 6.45) is 2.16. The first kappa shape index (κ1) is 21.4. The van der Waals surface area contributed by atoms with Gasteiger partial charge in [0.2, 0.25) is 0 Å². The van der Waals surface area contributed by atoms with E-state index in [1.54, 1.807) is 36.4 Å². The van der Waals surface area contributed by atoms with Gasteiger partial charge < -0.3 is 20.9 Å². The second-order valence-electron chi connectivity index (χ2n) is 7.68. The van der Waals surface area contributed by atoms with E-state index in [9.17, 15) is 14.0 Å². The Balaban J connectivity index is 1.50. The van der Waals surface area contributed by atoms with E-state index in [2.05, 4.69) is 20.9 Å². The second-order valence-corrected chi connectivity index (χ2v) is 7.68. The fraction of sp³-hybridized carbons (Fsp3) is 0.200. The molecule has 1 saturated heterocycles. The van der Waals surface area contributed by atoms with E-state index in [4.69, 9.17) is 0 Å². The van der Waals surface area contributed by atoms with Crippen LogP contribution in [0.4, 0.5) is 26.2 Å². The molecular formula is C25H25FN4O2. The molecule has 3 N–H and O–H groups in total. The molecule has 3 aromatic carbocycles. The molecule has 4 rings (SSSR count). The number of carbonyl (C=O) groups is 2. The lowest BCUT2D eigenvalue weighted by atomic mass is 10.1. The van der Waals surface area contributed by atoms with Crippen molar-refractivity contribution in [3.8, 4) is 0 Å². The molecule has 1 heterocycles. The zero-order chi connectivity index (χ0) is 22.3. The van der Waals surface area contributed by atoms with Crippen LogP contribution in [0, 0.1) is 5.82 Å². The van der Waals surface area contributed by atoms with E-state index in [1.165, 1.54) is 12.1 Å². The first-order chi connectivity index (χ1) is 15.6. The molecule has 6 nitrogen and oxygen atoms in total. The Bertz CT molecular complexity index is 1080. The molecule has 0 aromatic heterocycles. The predicted molar refractivity (Wildman–Crippen MR) is 125 cm³/mol. The fourth-order valence-electron chi connectivity index (χ4n) is 3.72. The highest BCUT2D eigenvalue weighted by Gasteiger charge is 2.20. The average Bonchev–Trinajstić information content (AvgIpc) is 3.34. The zero-order valence-corrected chi connectivity index (χ0v) is 17.6. The fourth-order valence-corrected chi connectivity index (χ4v) is 3.72. The number of anilines is 3. The van der Waals surface area contributed by atoms with Gasteiger partial charge >= 0.3 is 6.03 Å². The molecule has 0 atom stereocenters. The SMILES string of the molecule is O=C(Nc1ccccc1)Nc1ccc(N2CCCC2)c(C(=O)NCc2ccc(F)cc2)c1. The van der Waals surface area contributed by atoms with Gasteiger partial charge in [-0.2, -0.15) is 0 Å². The number of carbonyl (C=O) groups excluding carboxylic acids is 2. The van der Waals surface area contributed by atoms with Crippen LogP contribution in [-0.4, -0.2) is 25.0 Å². The Kier molecular flexibility index (Phi) is 6.65. The number of amides is 3. The van der Waals surface area contributed by atoms with Gasteiger partial charge in [0.1, 0.15) is 5.82 Å². The number of para-hydroxylation sites is 1. The molecule has 3 amide bonds. The summed E-state index contributed by atoms with van der Waals surface area (Å²) in [6.45, 7) is 2.06.